The number of benzene rings is 1. The van der Waals surface area contributed by atoms with Crippen molar-refractivity contribution in [3.8, 4) is 0 Å². The van der Waals surface area contributed by atoms with Gasteiger partial charge < -0.3 is 9.80 Å². The molecule has 7 nitrogen and oxygen atoms in total. The van der Waals surface area contributed by atoms with Crippen LogP contribution in [0, 0.1) is 0 Å². The van der Waals surface area contributed by atoms with E-state index in [-0.39, 0.29) is 5.91 Å². The number of amides is 1. The fraction of sp³-hybridized carbons (Fsp3) is 0.500. The number of carbonyl (C=O) groups excluding carboxylic acids is 1. The van der Waals surface area contributed by atoms with Crippen LogP contribution in [0.25, 0.3) is 0 Å². The molecule has 2 aromatic rings. The predicted molar refractivity (Wildman–Crippen MR) is 94.1 cm³/mol. The van der Waals surface area contributed by atoms with Crippen LogP contribution < -0.4 is 4.90 Å². The van der Waals surface area contributed by atoms with Crippen LogP contribution in [-0.4, -0.2) is 57.9 Å². The Hall–Kier alpha value is -2.09. The van der Waals surface area contributed by atoms with Crippen molar-refractivity contribution >= 4 is 23.4 Å². The molecule has 8 heteroatoms. The Balaban J connectivity index is 1.51. The second-order valence-corrected chi connectivity index (χ2v) is 7.18. The van der Waals surface area contributed by atoms with Crippen molar-refractivity contribution in [2.75, 3.05) is 31.8 Å². The van der Waals surface area contributed by atoms with Crippen molar-refractivity contribution in [1.29, 1.82) is 0 Å². The number of rotatable bonds is 7. The molecule has 3 rings (SSSR count). The molecule has 1 aliphatic carbocycles. The molecule has 0 aliphatic heterocycles. The van der Waals surface area contributed by atoms with Gasteiger partial charge in [-0.05, 0) is 41.0 Å². The van der Waals surface area contributed by atoms with Gasteiger partial charge in [-0.25, -0.2) is 4.68 Å². The van der Waals surface area contributed by atoms with Gasteiger partial charge in [0, 0.05) is 33.4 Å². The maximum Gasteiger partial charge on any atom is 0.233 e. The topological polar surface area (TPSA) is 67.2 Å². The SMILES string of the molecule is CN(Cc1ccc(N(C)C)cc1)C(=O)CSc1nnnn1C1CC1. The fourth-order valence-electron chi connectivity index (χ4n) is 2.33. The molecule has 1 fully saturated rings. The van der Waals surface area contributed by atoms with Crippen molar-refractivity contribution in [3.05, 3.63) is 29.8 Å². The first-order valence-electron chi connectivity index (χ1n) is 7.95. The zero-order chi connectivity index (χ0) is 17.1. The summed E-state index contributed by atoms with van der Waals surface area (Å²) in [5, 5.41) is 12.4. The summed E-state index contributed by atoms with van der Waals surface area (Å²) >= 11 is 1.40. The molecule has 1 amide bonds. The lowest BCUT2D eigenvalue weighted by molar-refractivity contribution is -0.127. The maximum absolute atomic E-state index is 12.3. The summed E-state index contributed by atoms with van der Waals surface area (Å²) in [4.78, 5) is 16.1. The lowest BCUT2D eigenvalue weighted by Crippen LogP contribution is -2.28. The molecule has 0 atom stereocenters. The second kappa shape index (κ2) is 7.21. The number of hydrogen-bond acceptors (Lipinski definition) is 6. The molecule has 0 N–H and O–H groups in total. The van der Waals surface area contributed by atoms with E-state index >= 15 is 0 Å². The molecule has 1 saturated carbocycles. The van der Waals surface area contributed by atoms with Crippen molar-refractivity contribution in [1.82, 2.24) is 25.1 Å². The van der Waals surface area contributed by atoms with E-state index in [1.54, 1.807) is 4.90 Å². The third-order valence-electron chi connectivity index (χ3n) is 3.98. The Bertz CT molecular complexity index is 695. The number of anilines is 1. The Labute approximate surface area is 146 Å². The minimum Gasteiger partial charge on any atom is -0.378 e. The standard InChI is InChI=1S/C16H22N6OS/c1-20(2)13-6-4-12(5-7-13)10-21(3)15(23)11-24-16-17-18-19-22(16)14-8-9-14/h4-7,14H,8-11H2,1-3H3. The Morgan fingerprint density at radius 3 is 2.58 bits per heavy atom. The molecule has 0 bridgehead atoms. The number of aromatic nitrogens is 4. The van der Waals surface area contributed by atoms with Crippen molar-refractivity contribution in [2.24, 2.45) is 0 Å². The summed E-state index contributed by atoms with van der Waals surface area (Å²) in [5.41, 5.74) is 2.26. The normalized spacial score (nSPS) is 13.8. The van der Waals surface area contributed by atoms with Crippen LogP contribution >= 0.6 is 11.8 Å². The largest absolute Gasteiger partial charge is 0.378 e. The van der Waals surface area contributed by atoms with Crippen molar-refractivity contribution in [2.45, 2.75) is 30.6 Å². The lowest BCUT2D eigenvalue weighted by atomic mass is 10.2. The molecule has 0 radical (unpaired) electrons. The monoisotopic (exact) mass is 346 g/mol. The van der Waals surface area contributed by atoms with Crippen LogP contribution in [0.5, 0.6) is 0 Å². The summed E-state index contributed by atoms with van der Waals surface area (Å²) in [5.74, 6) is 0.418. The maximum atomic E-state index is 12.3. The molecule has 0 spiro atoms. The lowest BCUT2D eigenvalue weighted by Gasteiger charge is -2.18. The molecule has 0 saturated heterocycles. The summed E-state index contributed by atoms with van der Waals surface area (Å²) in [6.07, 6.45) is 2.24. The zero-order valence-electron chi connectivity index (χ0n) is 14.2. The fourth-order valence-corrected chi connectivity index (χ4v) is 3.21. The molecule has 1 heterocycles. The van der Waals surface area contributed by atoms with E-state index in [9.17, 15) is 4.79 Å². The quantitative estimate of drug-likeness (QED) is 0.713. The summed E-state index contributed by atoms with van der Waals surface area (Å²) < 4.78 is 1.83. The summed E-state index contributed by atoms with van der Waals surface area (Å²) in [6, 6.07) is 8.66. The van der Waals surface area contributed by atoms with Gasteiger partial charge >= 0.3 is 0 Å². The number of nitrogens with zero attached hydrogens (tertiary/aromatic N) is 6. The molecule has 1 aromatic heterocycles. The van der Waals surface area contributed by atoms with E-state index in [2.05, 4.69) is 44.7 Å². The highest BCUT2D eigenvalue weighted by atomic mass is 32.2. The van der Waals surface area contributed by atoms with Gasteiger partial charge in [0.1, 0.15) is 0 Å². The van der Waals surface area contributed by atoms with Crippen molar-refractivity contribution in [3.63, 3.8) is 0 Å². The number of tetrazole rings is 1. The third kappa shape index (κ3) is 4.05. The zero-order valence-corrected chi connectivity index (χ0v) is 15.0. The first-order valence-corrected chi connectivity index (χ1v) is 8.94. The highest BCUT2D eigenvalue weighted by molar-refractivity contribution is 7.99. The van der Waals surface area contributed by atoms with Gasteiger partial charge in [-0.3, -0.25) is 4.79 Å². The van der Waals surface area contributed by atoms with Gasteiger partial charge in [-0.1, -0.05) is 23.9 Å². The summed E-state index contributed by atoms with van der Waals surface area (Å²) in [7, 11) is 5.85. The van der Waals surface area contributed by atoms with Crippen molar-refractivity contribution < 1.29 is 4.79 Å². The molecular formula is C16H22N6OS. The van der Waals surface area contributed by atoms with E-state index in [4.69, 9.17) is 0 Å². The van der Waals surface area contributed by atoms with Gasteiger partial charge in [-0.2, -0.15) is 0 Å². The van der Waals surface area contributed by atoms with Gasteiger partial charge in [0.05, 0.1) is 11.8 Å². The Morgan fingerprint density at radius 1 is 1.25 bits per heavy atom. The molecule has 1 aliphatic rings. The Kier molecular flexibility index (Phi) is 5.03. The van der Waals surface area contributed by atoms with Gasteiger partial charge in [0.2, 0.25) is 11.1 Å². The number of carbonyl (C=O) groups is 1. The predicted octanol–water partition coefficient (Wildman–Crippen LogP) is 1.82. The first kappa shape index (κ1) is 16.8. The van der Waals surface area contributed by atoms with Gasteiger partial charge in [0.25, 0.3) is 0 Å². The van der Waals surface area contributed by atoms with Crippen LogP contribution in [0.2, 0.25) is 0 Å². The molecule has 128 valence electrons. The molecule has 24 heavy (non-hydrogen) atoms. The summed E-state index contributed by atoms with van der Waals surface area (Å²) in [6.45, 7) is 0.598. The highest BCUT2D eigenvalue weighted by Crippen LogP contribution is 2.36. The van der Waals surface area contributed by atoms with Crippen LogP contribution in [-0.2, 0) is 11.3 Å². The van der Waals surface area contributed by atoms with E-state index in [1.165, 1.54) is 11.8 Å². The van der Waals surface area contributed by atoms with Crippen LogP contribution in [0.4, 0.5) is 5.69 Å². The average molecular weight is 346 g/mol. The van der Waals surface area contributed by atoms with E-state index in [0.29, 0.717) is 18.3 Å². The Morgan fingerprint density at radius 2 is 1.96 bits per heavy atom. The number of thioether (sulfide) groups is 1. The second-order valence-electron chi connectivity index (χ2n) is 6.24. The highest BCUT2D eigenvalue weighted by Gasteiger charge is 2.28. The van der Waals surface area contributed by atoms with Gasteiger partial charge in [0.15, 0.2) is 0 Å². The number of hydrogen-bond donors (Lipinski definition) is 0. The van der Waals surface area contributed by atoms with E-state index in [1.807, 2.05) is 25.8 Å². The third-order valence-corrected chi connectivity index (χ3v) is 4.90. The first-order chi connectivity index (χ1) is 11.5. The molecule has 1 aromatic carbocycles. The van der Waals surface area contributed by atoms with Crippen LogP contribution in [0.15, 0.2) is 29.4 Å². The van der Waals surface area contributed by atoms with Crippen LogP contribution in [0.3, 0.4) is 0 Å². The van der Waals surface area contributed by atoms with Gasteiger partial charge in [-0.15, -0.1) is 5.10 Å². The van der Waals surface area contributed by atoms with Crippen LogP contribution in [0.1, 0.15) is 24.4 Å². The average Bonchev–Trinajstić information content (AvgIpc) is 3.31. The minimum atomic E-state index is 0.0713. The molecular weight excluding hydrogens is 324 g/mol. The smallest absolute Gasteiger partial charge is 0.233 e. The van der Waals surface area contributed by atoms with E-state index in [0.717, 1.165) is 29.2 Å². The molecule has 0 unspecified atom stereocenters. The minimum absolute atomic E-state index is 0.0713. The van der Waals surface area contributed by atoms with E-state index < -0.39 is 0 Å².